The molecule has 2 heterocycles. The number of carbonyl (C=O) groups excluding carboxylic acids is 1. The van der Waals surface area contributed by atoms with Gasteiger partial charge in [-0.3, -0.25) is 4.79 Å². The molecule has 1 aliphatic heterocycles. The first-order chi connectivity index (χ1) is 11.2. The zero-order valence-electron chi connectivity index (χ0n) is 12.8. The Morgan fingerprint density at radius 3 is 2.83 bits per heavy atom. The summed E-state index contributed by atoms with van der Waals surface area (Å²) < 4.78 is 10.9. The molecule has 0 radical (unpaired) electrons. The second-order valence-corrected chi connectivity index (χ2v) is 6.32. The molecule has 1 aliphatic rings. The average molecular weight is 330 g/mol. The average Bonchev–Trinajstić information content (AvgIpc) is 3.09. The highest BCUT2D eigenvalue weighted by Crippen LogP contribution is 2.22. The van der Waals surface area contributed by atoms with Crippen molar-refractivity contribution in [1.29, 1.82) is 0 Å². The molecule has 6 heteroatoms. The molecule has 2 aromatic rings. The van der Waals surface area contributed by atoms with Crippen LogP contribution in [0.3, 0.4) is 0 Å². The number of pyridine rings is 1. The highest BCUT2D eigenvalue weighted by Gasteiger charge is 2.18. The van der Waals surface area contributed by atoms with Crippen molar-refractivity contribution in [3.05, 3.63) is 48.2 Å². The number of carbonyl (C=O) groups is 1. The highest BCUT2D eigenvalue weighted by atomic mass is 32.2. The van der Waals surface area contributed by atoms with Gasteiger partial charge >= 0.3 is 0 Å². The third kappa shape index (κ3) is 4.16. The van der Waals surface area contributed by atoms with Crippen molar-refractivity contribution in [2.24, 2.45) is 0 Å². The number of aromatic nitrogens is 1. The van der Waals surface area contributed by atoms with Gasteiger partial charge in [-0.25, -0.2) is 4.98 Å². The lowest BCUT2D eigenvalue weighted by Gasteiger charge is -2.12. The van der Waals surface area contributed by atoms with E-state index in [1.165, 1.54) is 0 Å². The molecule has 0 unspecified atom stereocenters. The summed E-state index contributed by atoms with van der Waals surface area (Å²) in [5.74, 6) is 3.15. The summed E-state index contributed by atoms with van der Waals surface area (Å²) in [5, 5.41) is 2.85. The van der Waals surface area contributed by atoms with Gasteiger partial charge in [0.1, 0.15) is 11.9 Å². The lowest BCUT2D eigenvalue weighted by molar-refractivity contribution is 0.102. The van der Waals surface area contributed by atoms with Crippen LogP contribution in [0.4, 0.5) is 5.69 Å². The van der Waals surface area contributed by atoms with E-state index >= 15 is 0 Å². The van der Waals surface area contributed by atoms with Gasteiger partial charge in [0.25, 0.3) is 5.91 Å². The van der Waals surface area contributed by atoms with Crippen LogP contribution in [0.5, 0.6) is 11.6 Å². The number of nitrogens with zero attached hydrogens (tertiary/aromatic N) is 1. The number of benzene rings is 1. The monoisotopic (exact) mass is 330 g/mol. The number of hydrogen-bond acceptors (Lipinski definition) is 5. The first-order valence-electron chi connectivity index (χ1n) is 7.40. The van der Waals surface area contributed by atoms with Crippen molar-refractivity contribution in [2.75, 3.05) is 23.9 Å². The zero-order valence-corrected chi connectivity index (χ0v) is 13.6. The molecule has 1 aromatic carbocycles. The van der Waals surface area contributed by atoms with Gasteiger partial charge in [0.05, 0.1) is 7.11 Å². The van der Waals surface area contributed by atoms with Crippen LogP contribution in [0.2, 0.25) is 0 Å². The van der Waals surface area contributed by atoms with Crippen LogP contribution in [0, 0.1) is 0 Å². The van der Waals surface area contributed by atoms with E-state index in [4.69, 9.17) is 9.47 Å². The molecule has 1 fully saturated rings. The molecule has 120 valence electrons. The maximum absolute atomic E-state index is 12.3. The van der Waals surface area contributed by atoms with Gasteiger partial charge < -0.3 is 14.8 Å². The fourth-order valence-corrected chi connectivity index (χ4v) is 3.36. The summed E-state index contributed by atoms with van der Waals surface area (Å²) in [4.78, 5) is 16.5. The van der Waals surface area contributed by atoms with E-state index in [0.29, 0.717) is 17.1 Å². The minimum atomic E-state index is -0.191. The van der Waals surface area contributed by atoms with E-state index in [9.17, 15) is 4.79 Å². The zero-order chi connectivity index (χ0) is 16.1. The van der Waals surface area contributed by atoms with E-state index in [-0.39, 0.29) is 12.0 Å². The number of anilines is 1. The first kappa shape index (κ1) is 15.7. The Kier molecular flexibility index (Phi) is 5.02. The Bertz CT molecular complexity index is 670. The van der Waals surface area contributed by atoms with Gasteiger partial charge in [0.2, 0.25) is 5.88 Å². The van der Waals surface area contributed by atoms with Crippen molar-refractivity contribution in [3.63, 3.8) is 0 Å². The molecule has 1 atom stereocenters. The lowest BCUT2D eigenvalue weighted by atomic mass is 10.2. The fraction of sp³-hybridized carbons (Fsp3) is 0.294. The lowest BCUT2D eigenvalue weighted by Crippen LogP contribution is -2.17. The van der Waals surface area contributed by atoms with Crippen molar-refractivity contribution in [1.82, 2.24) is 4.98 Å². The van der Waals surface area contributed by atoms with Crippen LogP contribution in [0.25, 0.3) is 0 Å². The summed E-state index contributed by atoms with van der Waals surface area (Å²) in [7, 11) is 1.61. The van der Waals surface area contributed by atoms with Gasteiger partial charge in [-0.1, -0.05) is 0 Å². The number of hydrogen-bond donors (Lipinski definition) is 1. The highest BCUT2D eigenvalue weighted by molar-refractivity contribution is 7.99. The van der Waals surface area contributed by atoms with Crippen LogP contribution in [0.1, 0.15) is 16.8 Å². The standard InChI is InChI=1S/C17H18N2O3S/c1-21-14-4-2-13(3-5-14)19-17(20)12-6-8-18-16(10-12)22-15-7-9-23-11-15/h2-6,8,10,15H,7,9,11H2,1H3,(H,19,20)/t15-/m0/s1. The molecule has 0 aliphatic carbocycles. The SMILES string of the molecule is COc1ccc(NC(=O)c2ccnc(O[C@H]3CCSC3)c2)cc1. The molecule has 1 saturated heterocycles. The minimum absolute atomic E-state index is 0.187. The normalized spacial score (nSPS) is 16.8. The molecular weight excluding hydrogens is 312 g/mol. The third-order valence-corrected chi connectivity index (χ3v) is 4.65. The summed E-state index contributed by atoms with van der Waals surface area (Å²) >= 11 is 1.87. The molecule has 3 rings (SSSR count). The van der Waals surface area contributed by atoms with Crippen molar-refractivity contribution < 1.29 is 14.3 Å². The number of amides is 1. The van der Waals surface area contributed by atoms with E-state index in [0.717, 1.165) is 23.7 Å². The Morgan fingerprint density at radius 2 is 2.13 bits per heavy atom. The Morgan fingerprint density at radius 1 is 1.30 bits per heavy atom. The molecule has 0 spiro atoms. The Labute approximate surface area is 139 Å². The quantitative estimate of drug-likeness (QED) is 0.912. The van der Waals surface area contributed by atoms with Gasteiger partial charge in [-0.2, -0.15) is 11.8 Å². The van der Waals surface area contributed by atoms with Crippen molar-refractivity contribution in [3.8, 4) is 11.6 Å². The molecular formula is C17H18N2O3S. The number of methoxy groups -OCH3 is 1. The largest absolute Gasteiger partial charge is 0.497 e. The predicted molar refractivity (Wildman–Crippen MR) is 91.5 cm³/mol. The molecule has 1 amide bonds. The van der Waals surface area contributed by atoms with Crippen LogP contribution in [0.15, 0.2) is 42.6 Å². The third-order valence-electron chi connectivity index (χ3n) is 3.52. The molecule has 1 N–H and O–H groups in total. The minimum Gasteiger partial charge on any atom is -0.497 e. The van der Waals surface area contributed by atoms with Gasteiger partial charge in [0.15, 0.2) is 0 Å². The maximum Gasteiger partial charge on any atom is 0.255 e. The fourth-order valence-electron chi connectivity index (χ4n) is 2.27. The number of nitrogens with one attached hydrogen (secondary N) is 1. The van der Waals surface area contributed by atoms with Gasteiger partial charge in [-0.05, 0) is 42.5 Å². The number of ether oxygens (including phenoxy) is 2. The topological polar surface area (TPSA) is 60.5 Å². The summed E-state index contributed by atoms with van der Waals surface area (Å²) in [6, 6.07) is 10.6. The molecule has 0 bridgehead atoms. The second kappa shape index (κ2) is 7.37. The van der Waals surface area contributed by atoms with E-state index in [2.05, 4.69) is 10.3 Å². The first-order valence-corrected chi connectivity index (χ1v) is 8.56. The van der Waals surface area contributed by atoms with Gasteiger partial charge in [0, 0.05) is 29.3 Å². The number of rotatable bonds is 5. The molecule has 1 aromatic heterocycles. The predicted octanol–water partition coefficient (Wildman–Crippen LogP) is 3.23. The summed E-state index contributed by atoms with van der Waals surface area (Å²) in [5.41, 5.74) is 1.23. The molecule has 0 saturated carbocycles. The maximum atomic E-state index is 12.3. The van der Waals surface area contributed by atoms with Crippen LogP contribution >= 0.6 is 11.8 Å². The van der Waals surface area contributed by atoms with Crippen molar-refractivity contribution in [2.45, 2.75) is 12.5 Å². The summed E-state index contributed by atoms with van der Waals surface area (Å²) in [6.45, 7) is 0. The van der Waals surface area contributed by atoms with E-state index < -0.39 is 0 Å². The van der Waals surface area contributed by atoms with E-state index in [1.807, 2.05) is 11.8 Å². The number of thioether (sulfide) groups is 1. The van der Waals surface area contributed by atoms with Crippen molar-refractivity contribution >= 4 is 23.4 Å². The second-order valence-electron chi connectivity index (χ2n) is 5.17. The summed E-state index contributed by atoms with van der Waals surface area (Å²) in [6.07, 6.45) is 2.81. The Balaban J connectivity index is 1.66. The van der Waals surface area contributed by atoms with Crippen LogP contribution in [-0.2, 0) is 0 Å². The Hall–Kier alpha value is -2.21. The van der Waals surface area contributed by atoms with Gasteiger partial charge in [-0.15, -0.1) is 0 Å². The smallest absolute Gasteiger partial charge is 0.255 e. The van der Waals surface area contributed by atoms with Crippen LogP contribution in [-0.4, -0.2) is 35.6 Å². The molecule has 23 heavy (non-hydrogen) atoms. The van der Waals surface area contributed by atoms with Crippen LogP contribution < -0.4 is 14.8 Å². The molecule has 5 nitrogen and oxygen atoms in total. The van der Waals surface area contributed by atoms with E-state index in [1.54, 1.807) is 49.7 Å².